The van der Waals surface area contributed by atoms with Gasteiger partial charge in [0.2, 0.25) is 0 Å². The van der Waals surface area contributed by atoms with Crippen molar-refractivity contribution < 1.29 is 4.79 Å². The molecule has 1 amide bonds. The first-order chi connectivity index (χ1) is 15.3. The number of carbonyl (C=O) groups excluding carboxylic acids is 1. The van der Waals surface area contributed by atoms with Crippen molar-refractivity contribution in [1.82, 2.24) is 25.1 Å². The Morgan fingerprint density at radius 3 is 2.29 bits per heavy atom. The summed E-state index contributed by atoms with van der Waals surface area (Å²) in [5.41, 5.74) is 3.08. The fraction of sp³-hybridized carbons (Fsp3) is 0.320. The van der Waals surface area contributed by atoms with Crippen LogP contribution in [0.1, 0.15) is 27.5 Å². The number of fused-ring (bicyclic) bond motifs is 1. The molecule has 1 aromatic heterocycles. The molecular weight excluding hydrogens is 386 g/mol. The van der Waals surface area contributed by atoms with Crippen molar-refractivity contribution in [1.29, 1.82) is 0 Å². The molecule has 0 bridgehead atoms. The monoisotopic (exact) mass is 413 g/mol. The topological polar surface area (TPSA) is 61.4 Å². The number of rotatable bonds is 4. The molecule has 0 aliphatic carbocycles. The molecule has 158 valence electrons. The average Bonchev–Trinajstić information content (AvgIpc) is 2.85. The lowest BCUT2D eigenvalue weighted by Gasteiger charge is -2.50. The molecule has 2 aromatic carbocycles. The van der Waals surface area contributed by atoms with Crippen LogP contribution < -0.4 is 5.32 Å². The lowest BCUT2D eigenvalue weighted by Crippen LogP contribution is -2.66. The third-order valence-corrected chi connectivity index (χ3v) is 6.46. The largest absolute Gasteiger partial charge is 0.334 e. The molecule has 1 unspecified atom stereocenters. The highest BCUT2D eigenvalue weighted by Crippen LogP contribution is 2.34. The minimum absolute atomic E-state index is 0.0301. The van der Waals surface area contributed by atoms with Gasteiger partial charge >= 0.3 is 0 Å². The Hall–Kier alpha value is -3.09. The van der Waals surface area contributed by atoms with Crippen LogP contribution in [0.5, 0.6) is 0 Å². The Bertz CT molecular complexity index is 959. The van der Waals surface area contributed by atoms with E-state index in [-0.39, 0.29) is 17.9 Å². The number of nitrogens with zero attached hydrogens (tertiary/aromatic N) is 4. The molecule has 0 saturated carbocycles. The van der Waals surface area contributed by atoms with Crippen molar-refractivity contribution in [2.75, 3.05) is 32.7 Å². The van der Waals surface area contributed by atoms with Gasteiger partial charge in [0.1, 0.15) is 5.69 Å². The van der Waals surface area contributed by atoms with E-state index < -0.39 is 0 Å². The molecule has 2 fully saturated rings. The van der Waals surface area contributed by atoms with Crippen molar-refractivity contribution >= 4 is 5.91 Å². The normalized spacial score (nSPS) is 21.6. The lowest BCUT2D eigenvalue weighted by atomic mass is 9.82. The van der Waals surface area contributed by atoms with E-state index >= 15 is 0 Å². The average molecular weight is 414 g/mol. The van der Waals surface area contributed by atoms with E-state index in [2.05, 4.69) is 80.8 Å². The number of benzene rings is 2. The maximum absolute atomic E-state index is 12.9. The summed E-state index contributed by atoms with van der Waals surface area (Å²) in [6.45, 7) is 4.09. The molecule has 6 heteroatoms. The number of nitrogens with one attached hydrogen (secondary N) is 1. The fourth-order valence-electron chi connectivity index (χ4n) is 5.03. The Balaban J connectivity index is 1.40. The van der Waals surface area contributed by atoms with Gasteiger partial charge in [-0.25, -0.2) is 4.98 Å². The van der Waals surface area contributed by atoms with Crippen LogP contribution in [0.25, 0.3) is 0 Å². The summed E-state index contributed by atoms with van der Waals surface area (Å²) in [5, 5.41) is 3.65. The summed E-state index contributed by atoms with van der Waals surface area (Å²) in [6.07, 6.45) is 4.72. The van der Waals surface area contributed by atoms with Gasteiger partial charge in [-0.3, -0.25) is 14.7 Å². The molecule has 2 saturated heterocycles. The first kappa shape index (κ1) is 19.8. The van der Waals surface area contributed by atoms with E-state index in [4.69, 9.17) is 0 Å². The highest BCUT2D eigenvalue weighted by Gasteiger charge is 2.40. The molecule has 5 rings (SSSR count). The van der Waals surface area contributed by atoms with Crippen LogP contribution >= 0.6 is 0 Å². The van der Waals surface area contributed by atoms with Crippen LogP contribution in [0.2, 0.25) is 0 Å². The molecule has 6 nitrogen and oxygen atoms in total. The van der Waals surface area contributed by atoms with E-state index in [1.807, 2.05) is 4.90 Å². The quantitative estimate of drug-likeness (QED) is 0.712. The standard InChI is InChI=1S/C25H27N5O/c31-25(22-16-26-11-12-28-22)29-13-14-30-21(18-29)15-27-17-23(30)24(19-7-3-1-4-8-19)20-9-5-2-6-10-20/h1-12,16,21,23-24,27H,13-15,17-18H2/t21-,23?/m1/s1. The summed E-state index contributed by atoms with van der Waals surface area (Å²) in [4.78, 5) is 25.7. The predicted octanol–water partition coefficient (Wildman–Crippen LogP) is 2.41. The molecule has 3 aromatic rings. The second-order valence-electron chi connectivity index (χ2n) is 8.26. The van der Waals surface area contributed by atoms with Crippen LogP contribution in [0, 0.1) is 0 Å². The van der Waals surface area contributed by atoms with E-state index in [1.54, 1.807) is 18.6 Å². The van der Waals surface area contributed by atoms with Gasteiger partial charge in [-0.05, 0) is 11.1 Å². The fourth-order valence-corrected chi connectivity index (χ4v) is 5.03. The zero-order valence-electron chi connectivity index (χ0n) is 17.5. The zero-order valence-corrected chi connectivity index (χ0v) is 17.5. The van der Waals surface area contributed by atoms with Crippen molar-refractivity contribution in [3.8, 4) is 0 Å². The van der Waals surface area contributed by atoms with E-state index in [0.29, 0.717) is 24.8 Å². The van der Waals surface area contributed by atoms with Crippen molar-refractivity contribution in [3.05, 3.63) is 96.1 Å². The van der Waals surface area contributed by atoms with E-state index in [0.717, 1.165) is 19.6 Å². The first-order valence-corrected chi connectivity index (χ1v) is 10.9. The number of aromatic nitrogens is 2. The first-order valence-electron chi connectivity index (χ1n) is 10.9. The van der Waals surface area contributed by atoms with Gasteiger partial charge in [0.05, 0.1) is 6.20 Å². The smallest absolute Gasteiger partial charge is 0.274 e. The van der Waals surface area contributed by atoms with Crippen molar-refractivity contribution in [2.45, 2.75) is 18.0 Å². The Morgan fingerprint density at radius 2 is 1.65 bits per heavy atom. The highest BCUT2D eigenvalue weighted by atomic mass is 16.2. The van der Waals surface area contributed by atoms with Crippen LogP contribution in [0.3, 0.4) is 0 Å². The van der Waals surface area contributed by atoms with Crippen LogP contribution in [-0.2, 0) is 0 Å². The van der Waals surface area contributed by atoms with Gasteiger partial charge in [0.25, 0.3) is 5.91 Å². The number of amides is 1. The molecule has 2 aliphatic rings. The van der Waals surface area contributed by atoms with Gasteiger partial charge in [-0.15, -0.1) is 0 Å². The van der Waals surface area contributed by atoms with Crippen LogP contribution in [-0.4, -0.2) is 70.5 Å². The molecule has 2 atom stereocenters. The Kier molecular flexibility index (Phi) is 5.74. The molecule has 31 heavy (non-hydrogen) atoms. The van der Waals surface area contributed by atoms with Crippen LogP contribution in [0.4, 0.5) is 0 Å². The number of hydrogen-bond acceptors (Lipinski definition) is 5. The number of piperazine rings is 2. The van der Waals surface area contributed by atoms with Gasteiger partial charge in [0, 0.05) is 63.1 Å². The number of hydrogen-bond donors (Lipinski definition) is 1. The van der Waals surface area contributed by atoms with Gasteiger partial charge in [0.15, 0.2) is 0 Å². The molecule has 0 spiro atoms. The SMILES string of the molecule is O=C(c1cnccn1)N1CCN2C(C(c3ccccc3)c3ccccc3)CNC[C@@H]2C1. The molecule has 1 N–H and O–H groups in total. The maximum Gasteiger partial charge on any atom is 0.274 e. The van der Waals surface area contributed by atoms with Crippen LogP contribution in [0.15, 0.2) is 79.3 Å². The summed E-state index contributed by atoms with van der Waals surface area (Å²) in [5.74, 6) is 0.248. The van der Waals surface area contributed by atoms with Crippen molar-refractivity contribution in [3.63, 3.8) is 0 Å². The summed E-state index contributed by atoms with van der Waals surface area (Å²) in [7, 11) is 0. The third kappa shape index (κ3) is 4.09. The molecule has 2 aliphatic heterocycles. The Labute approximate surface area is 182 Å². The summed E-state index contributed by atoms with van der Waals surface area (Å²) < 4.78 is 0. The molecule has 0 radical (unpaired) electrons. The number of carbonyl (C=O) groups is 1. The lowest BCUT2D eigenvalue weighted by molar-refractivity contribution is 0.0140. The van der Waals surface area contributed by atoms with Gasteiger partial charge in [-0.1, -0.05) is 60.7 Å². The van der Waals surface area contributed by atoms with E-state index in [9.17, 15) is 4.79 Å². The second-order valence-corrected chi connectivity index (χ2v) is 8.26. The second kappa shape index (κ2) is 8.96. The Morgan fingerprint density at radius 1 is 0.935 bits per heavy atom. The third-order valence-electron chi connectivity index (χ3n) is 6.46. The predicted molar refractivity (Wildman–Crippen MR) is 120 cm³/mol. The minimum Gasteiger partial charge on any atom is -0.334 e. The zero-order chi connectivity index (χ0) is 21.0. The highest BCUT2D eigenvalue weighted by molar-refractivity contribution is 5.92. The molecule has 3 heterocycles. The van der Waals surface area contributed by atoms with E-state index in [1.165, 1.54) is 11.1 Å². The molecular formula is C25H27N5O. The van der Waals surface area contributed by atoms with Gasteiger partial charge < -0.3 is 10.2 Å². The van der Waals surface area contributed by atoms with Crippen molar-refractivity contribution in [2.24, 2.45) is 0 Å². The minimum atomic E-state index is -0.0301. The van der Waals surface area contributed by atoms with Gasteiger partial charge in [-0.2, -0.15) is 0 Å². The maximum atomic E-state index is 12.9. The summed E-state index contributed by atoms with van der Waals surface area (Å²) >= 11 is 0. The summed E-state index contributed by atoms with van der Waals surface area (Å²) in [6, 6.07) is 22.2.